The zero-order valence-electron chi connectivity index (χ0n) is 17.6. The van der Waals surface area contributed by atoms with Gasteiger partial charge in [-0.15, -0.1) is 0 Å². The quantitative estimate of drug-likeness (QED) is 0.460. The van der Waals surface area contributed by atoms with Gasteiger partial charge in [0.05, 0.1) is 0 Å². The first-order valence-corrected chi connectivity index (χ1v) is 10.9. The van der Waals surface area contributed by atoms with Gasteiger partial charge in [0.1, 0.15) is 0 Å². The van der Waals surface area contributed by atoms with Crippen molar-refractivity contribution in [1.29, 1.82) is 0 Å². The Bertz CT molecular complexity index is 1010. The molecule has 0 heterocycles. The van der Waals surface area contributed by atoms with E-state index in [9.17, 15) is 0 Å². The lowest BCUT2D eigenvalue weighted by molar-refractivity contribution is 0.875. The molecule has 0 atom stereocenters. The fourth-order valence-electron chi connectivity index (χ4n) is 4.30. The minimum atomic E-state index is 1.10. The molecule has 0 N–H and O–H groups in total. The lowest BCUT2D eigenvalue weighted by Crippen LogP contribution is -2.03. The Labute approximate surface area is 175 Å². The van der Waals surface area contributed by atoms with Crippen molar-refractivity contribution in [3.05, 3.63) is 118 Å². The van der Waals surface area contributed by atoms with E-state index in [0.29, 0.717) is 0 Å². The lowest BCUT2D eigenvalue weighted by Gasteiger charge is -2.24. The van der Waals surface area contributed by atoms with Crippen molar-refractivity contribution in [2.75, 3.05) is 0 Å². The summed E-state index contributed by atoms with van der Waals surface area (Å²) >= 11 is 0. The van der Waals surface area contributed by atoms with Crippen LogP contribution in [-0.4, -0.2) is 0 Å². The van der Waals surface area contributed by atoms with E-state index in [1.54, 1.807) is 5.57 Å². The maximum Gasteiger partial charge on any atom is -0.00704 e. The largest absolute Gasteiger partial charge is 0.0842 e. The van der Waals surface area contributed by atoms with Crippen molar-refractivity contribution < 1.29 is 0 Å². The van der Waals surface area contributed by atoms with Gasteiger partial charge < -0.3 is 0 Å². The van der Waals surface area contributed by atoms with Crippen LogP contribution in [-0.2, 0) is 0 Å². The molecule has 0 heteroatoms. The molecule has 2 aromatic rings. The Hall–Kier alpha value is -2.86. The van der Waals surface area contributed by atoms with Crippen molar-refractivity contribution in [2.45, 2.75) is 46.0 Å². The summed E-state index contributed by atoms with van der Waals surface area (Å²) in [5.41, 5.74) is 11.2. The van der Waals surface area contributed by atoms with Crippen LogP contribution < -0.4 is 0 Å². The molecule has 0 saturated carbocycles. The van der Waals surface area contributed by atoms with Crippen molar-refractivity contribution in [3.63, 3.8) is 0 Å². The highest BCUT2D eigenvalue weighted by Crippen LogP contribution is 2.42. The molecule has 0 fully saturated rings. The van der Waals surface area contributed by atoms with E-state index < -0.39 is 0 Å². The third-order valence-corrected chi connectivity index (χ3v) is 6.00. The molecule has 29 heavy (non-hydrogen) atoms. The minimum absolute atomic E-state index is 1.10. The van der Waals surface area contributed by atoms with Crippen LogP contribution in [0, 0.1) is 6.92 Å². The van der Waals surface area contributed by atoms with E-state index in [1.807, 2.05) is 0 Å². The van der Waals surface area contributed by atoms with Crippen LogP contribution in [0.2, 0.25) is 0 Å². The van der Waals surface area contributed by atoms with E-state index in [1.165, 1.54) is 45.4 Å². The first-order chi connectivity index (χ1) is 14.3. The van der Waals surface area contributed by atoms with Gasteiger partial charge in [-0.1, -0.05) is 103 Å². The van der Waals surface area contributed by atoms with Crippen LogP contribution in [0.15, 0.2) is 102 Å². The Morgan fingerprint density at radius 1 is 0.724 bits per heavy atom. The smallest absolute Gasteiger partial charge is 0.00704 e. The number of allylic oxidation sites excluding steroid dienone is 10. The predicted octanol–water partition coefficient (Wildman–Crippen LogP) is 8.24. The number of benzene rings is 2. The summed E-state index contributed by atoms with van der Waals surface area (Å²) in [4.78, 5) is 0. The fourth-order valence-corrected chi connectivity index (χ4v) is 4.30. The molecule has 146 valence electrons. The van der Waals surface area contributed by atoms with Crippen molar-refractivity contribution in [3.8, 4) is 0 Å². The van der Waals surface area contributed by atoms with Gasteiger partial charge in [-0.25, -0.2) is 0 Å². The molecule has 0 saturated heterocycles. The van der Waals surface area contributed by atoms with Gasteiger partial charge in [-0.2, -0.15) is 0 Å². The number of rotatable bonds is 5. The number of aryl methyl sites for hydroxylation is 1. The fraction of sp³-hybridized carbons (Fsp3) is 0.241. The van der Waals surface area contributed by atoms with Gasteiger partial charge in [0, 0.05) is 0 Å². The topological polar surface area (TPSA) is 0 Å². The summed E-state index contributed by atoms with van der Waals surface area (Å²) in [6, 6.07) is 20.0. The number of hydrogen-bond acceptors (Lipinski definition) is 0. The normalized spacial score (nSPS) is 17.2. The maximum absolute atomic E-state index is 2.37. The summed E-state index contributed by atoms with van der Waals surface area (Å²) in [6.07, 6.45) is 17.2. The Morgan fingerprint density at radius 2 is 1.41 bits per heavy atom. The van der Waals surface area contributed by atoms with Crippen molar-refractivity contribution in [2.24, 2.45) is 0 Å². The second-order valence-corrected chi connectivity index (χ2v) is 8.01. The van der Waals surface area contributed by atoms with E-state index in [0.717, 1.165) is 25.7 Å². The molecule has 0 nitrogen and oxygen atoms in total. The second-order valence-electron chi connectivity index (χ2n) is 8.01. The molecule has 0 unspecified atom stereocenters. The molecule has 0 spiro atoms. The zero-order chi connectivity index (χ0) is 20.1. The highest BCUT2D eigenvalue weighted by molar-refractivity contribution is 6.04. The van der Waals surface area contributed by atoms with Crippen LogP contribution in [0.3, 0.4) is 0 Å². The molecule has 2 aromatic carbocycles. The minimum Gasteiger partial charge on any atom is -0.0842 e. The highest BCUT2D eigenvalue weighted by Gasteiger charge is 2.20. The van der Waals surface area contributed by atoms with Gasteiger partial charge in [0.2, 0.25) is 0 Å². The maximum atomic E-state index is 2.37. The number of hydrogen-bond donors (Lipinski definition) is 0. The average Bonchev–Trinajstić information content (AvgIpc) is 2.79. The molecule has 0 radical (unpaired) electrons. The summed E-state index contributed by atoms with van der Waals surface area (Å²) in [5.74, 6) is 0. The summed E-state index contributed by atoms with van der Waals surface area (Å²) in [7, 11) is 0. The first-order valence-electron chi connectivity index (χ1n) is 10.9. The Morgan fingerprint density at radius 3 is 2.00 bits per heavy atom. The highest BCUT2D eigenvalue weighted by atomic mass is 14.2. The molecule has 0 amide bonds. The van der Waals surface area contributed by atoms with Crippen LogP contribution in [0.5, 0.6) is 0 Å². The lowest BCUT2D eigenvalue weighted by atomic mass is 9.80. The van der Waals surface area contributed by atoms with Gasteiger partial charge in [-0.05, 0) is 72.4 Å². The SMILES string of the molecule is CCC1=CC=C(/C(=C(\C2=CC=CCC2)c2ccc(C)cc2)c2ccccc2)CC1. The predicted molar refractivity (Wildman–Crippen MR) is 127 cm³/mol. The molecule has 2 aliphatic rings. The van der Waals surface area contributed by atoms with E-state index in [4.69, 9.17) is 0 Å². The van der Waals surface area contributed by atoms with Crippen LogP contribution in [0.1, 0.15) is 55.7 Å². The zero-order valence-corrected chi connectivity index (χ0v) is 17.6. The van der Waals surface area contributed by atoms with E-state index in [-0.39, 0.29) is 0 Å². The average molecular weight is 379 g/mol. The standard InChI is InChI=1S/C29H30/c1-3-23-16-20-27(21-17-23)29(25-12-8-5-9-13-25)28(24-10-6-4-7-11-24)26-18-14-22(2)15-19-26/h4-6,8-10,12-16,18-20H,3,7,11,17,21H2,1-2H3/b29-28+. The van der Waals surface area contributed by atoms with Gasteiger partial charge in [0.15, 0.2) is 0 Å². The molecule has 0 aliphatic heterocycles. The van der Waals surface area contributed by atoms with Gasteiger partial charge in [-0.3, -0.25) is 0 Å². The Balaban J connectivity index is 1.99. The summed E-state index contributed by atoms with van der Waals surface area (Å²) in [5, 5.41) is 0. The molecular formula is C29H30. The monoisotopic (exact) mass is 378 g/mol. The molecular weight excluding hydrogens is 348 g/mol. The van der Waals surface area contributed by atoms with E-state index >= 15 is 0 Å². The van der Waals surface area contributed by atoms with Crippen molar-refractivity contribution >= 4 is 11.1 Å². The summed E-state index contributed by atoms with van der Waals surface area (Å²) < 4.78 is 0. The Kier molecular flexibility index (Phi) is 6.10. The van der Waals surface area contributed by atoms with Crippen LogP contribution >= 0.6 is 0 Å². The van der Waals surface area contributed by atoms with Gasteiger partial charge >= 0.3 is 0 Å². The molecule has 2 aliphatic carbocycles. The summed E-state index contributed by atoms with van der Waals surface area (Å²) in [6.45, 7) is 4.42. The van der Waals surface area contributed by atoms with E-state index in [2.05, 4.69) is 98.8 Å². The second kappa shape index (κ2) is 9.09. The van der Waals surface area contributed by atoms with Crippen molar-refractivity contribution in [1.82, 2.24) is 0 Å². The third-order valence-electron chi connectivity index (χ3n) is 6.00. The molecule has 0 aromatic heterocycles. The molecule has 4 rings (SSSR count). The van der Waals surface area contributed by atoms with Crippen LogP contribution in [0.25, 0.3) is 11.1 Å². The third kappa shape index (κ3) is 4.43. The van der Waals surface area contributed by atoms with Gasteiger partial charge in [0.25, 0.3) is 0 Å². The van der Waals surface area contributed by atoms with Crippen LogP contribution in [0.4, 0.5) is 0 Å². The first kappa shape index (κ1) is 19.5. The molecule has 0 bridgehead atoms.